The molecule has 0 saturated heterocycles. The summed E-state index contributed by atoms with van der Waals surface area (Å²) >= 11 is 1.23. The smallest absolute Gasteiger partial charge is 0.316 e. The van der Waals surface area contributed by atoms with Gasteiger partial charge in [0.05, 0.1) is 12.4 Å². The van der Waals surface area contributed by atoms with Gasteiger partial charge in [0, 0.05) is 0 Å². The molecule has 3 nitrogen and oxygen atoms in total. The zero-order chi connectivity index (χ0) is 22.2. The lowest BCUT2D eigenvalue weighted by molar-refractivity contribution is -0.140. The maximum absolute atomic E-state index is 12.0. The Morgan fingerprint density at radius 2 is 1.52 bits per heavy atom. The first-order valence-electron chi connectivity index (χ1n) is 10.9. The summed E-state index contributed by atoms with van der Waals surface area (Å²) in [6.07, 6.45) is 4.41. The Morgan fingerprint density at radius 1 is 0.966 bits per heavy atom. The van der Waals surface area contributed by atoms with Crippen molar-refractivity contribution < 1.29 is 14.6 Å². The van der Waals surface area contributed by atoms with Crippen LogP contribution in [-0.4, -0.2) is 23.4 Å². The first kappa shape index (κ1) is 26.0. The van der Waals surface area contributed by atoms with E-state index < -0.39 is 5.44 Å². The topological polar surface area (TPSA) is 46.5 Å². The van der Waals surface area contributed by atoms with Crippen molar-refractivity contribution in [1.82, 2.24) is 0 Å². The van der Waals surface area contributed by atoms with Gasteiger partial charge in [-0.05, 0) is 39.9 Å². The van der Waals surface area contributed by atoms with Crippen LogP contribution in [0.4, 0.5) is 0 Å². The number of rotatable bonds is 10. The van der Waals surface area contributed by atoms with Gasteiger partial charge in [0.25, 0.3) is 0 Å². The monoisotopic (exact) mass is 422 g/mol. The molecule has 0 radical (unpaired) electrons. The summed E-state index contributed by atoms with van der Waals surface area (Å²) in [5, 5.41) is 10.7. The van der Waals surface area contributed by atoms with Crippen LogP contribution in [0.25, 0.3) is 0 Å². The Labute approximate surface area is 183 Å². The molecule has 1 rings (SSSR count). The zero-order valence-corrected chi connectivity index (χ0v) is 20.6. The van der Waals surface area contributed by atoms with Gasteiger partial charge in [-0.15, -0.1) is 11.8 Å². The van der Waals surface area contributed by atoms with Gasteiger partial charge < -0.3 is 9.84 Å². The van der Waals surface area contributed by atoms with Crippen LogP contribution >= 0.6 is 11.8 Å². The lowest BCUT2D eigenvalue weighted by Crippen LogP contribution is -2.17. The molecule has 0 aromatic heterocycles. The molecule has 0 aliphatic carbocycles. The molecule has 1 aromatic carbocycles. The van der Waals surface area contributed by atoms with Crippen molar-refractivity contribution in [3.8, 4) is 0 Å². The fourth-order valence-corrected chi connectivity index (χ4v) is 3.67. The highest BCUT2D eigenvalue weighted by molar-refractivity contribution is 8.00. The van der Waals surface area contributed by atoms with E-state index in [0.717, 1.165) is 24.3 Å². The highest BCUT2D eigenvalue weighted by Crippen LogP contribution is 2.35. The van der Waals surface area contributed by atoms with Crippen LogP contribution in [0.2, 0.25) is 0 Å². The van der Waals surface area contributed by atoms with Gasteiger partial charge in [0.1, 0.15) is 5.44 Å². The SMILES string of the molecule is CC(C)CCCCCOC(=O)CSC(O)c1cc(C(C)(C)C)cc(C(C)(C)C)c1. The van der Waals surface area contributed by atoms with E-state index in [1.165, 1.54) is 35.7 Å². The molecule has 0 fully saturated rings. The predicted molar refractivity (Wildman–Crippen MR) is 126 cm³/mol. The number of aliphatic hydroxyl groups is 1. The minimum absolute atomic E-state index is 0.00506. The first-order valence-corrected chi connectivity index (χ1v) is 12.0. The second kappa shape index (κ2) is 11.4. The van der Waals surface area contributed by atoms with Crippen molar-refractivity contribution in [3.63, 3.8) is 0 Å². The van der Waals surface area contributed by atoms with Crippen LogP contribution < -0.4 is 0 Å². The fourth-order valence-electron chi connectivity index (χ4n) is 2.96. The minimum atomic E-state index is -0.739. The third kappa shape index (κ3) is 10.0. The highest BCUT2D eigenvalue weighted by atomic mass is 32.2. The molecule has 4 heteroatoms. The second-order valence-corrected chi connectivity index (χ2v) is 11.5. The average molecular weight is 423 g/mol. The average Bonchev–Trinajstić information content (AvgIpc) is 2.60. The molecule has 0 saturated carbocycles. The minimum Gasteiger partial charge on any atom is -0.465 e. The summed E-state index contributed by atoms with van der Waals surface area (Å²) in [4.78, 5) is 12.0. The molecular formula is C25H42O3S. The molecule has 0 heterocycles. The number of carbonyl (C=O) groups excluding carboxylic acids is 1. The Hall–Kier alpha value is -1.00. The van der Waals surface area contributed by atoms with Crippen LogP contribution in [0.5, 0.6) is 0 Å². The molecule has 0 aliphatic heterocycles. The third-order valence-electron chi connectivity index (χ3n) is 5.02. The molecule has 1 aromatic rings. The number of hydrogen-bond donors (Lipinski definition) is 1. The van der Waals surface area contributed by atoms with Gasteiger partial charge in [-0.3, -0.25) is 4.79 Å². The largest absolute Gasteiger partial charge is 0.465 e. The number of carbonyl (C=O) groups is 1. The maximum atomic E-state index is 12.0. The van der Waals surface area contributed by atoms with Crippen LogP contribution in [0.1, 0.15) is 103 Å². The van der Waals surface area contributed by atoms with E-state index in [0.29, 0.717) is 6.61 Å². The number of aliphatic hydroxyl groups excluding tert-OH is 1. The Balaban J connectivity index is 2.61. The van der Waals surface area contributed by atoms with E-state index in [4.69, 9.17) is 4.74 Å². The summed E-state index contributed by atoms with van der Waals surface area (Å²) in [7, 11) is 0. The van der Waals surface area contributed by atoms with Gasteiger partial charge in [-0.1, -0.05) is 92.9 Å². The number of unbranched alkanes of at least 4 members (excludes halogenated alkanes) is 2. The van der Waals surface area contributed by atoms with E-state index in [1.54, 1.807) is 0 Å². The van der Waals surface area contributed by atoms with Crippen LogP contribution in [-0.2, 0) is 20.4 Å². The van der Waals surface area contributed by atoms with Crippen molar-refractivity contribution in [1.29, 1.82) is 0 Å². The van der Waals surface area contributed by atoms with Crippen molar-refractivity contribution in [2.75, 3.05) is 12.4 Å². The summed E-state index contributed by atoms with van der Waals surface area (Å²) < 4.78 is 5.32. The summed E-state index contributed by atoms with van der Waals surface area (Å²) in [6.45, 7) is 18.0. The van der Waals surface area contributed by atoms with Gasteiger partial charge in [-0.2, -0.15) is 0 Å². The van der Waals surface area contributed by atoms with E-state index in [1.807, 2.05) is 0 Å². The Kier molecular flexibility index (Phi) is 10.2. The number of hydrogen-bond acceptors (Lipinski definition) is 4. The first-order chi connectivity index (χ1) is 13.3. The van der Waals surface area contributed by atoms with Crippen molar-refractivity contribution >= 4 is 17.7 Å². The summed E-state index contributed by atoms with van der Waals surface area (Å²) in [6, 6.07) is 6.36. The second-order valence-electron chi connectivity index (χ2n) is 10.5. The standard InChI is InChI=1S/C25H42O3S/c1-18(2)12-10-9-11-13-28-22(26)17-29-23(27)19-14-20(24(3,4)5)16-21(15-19)25(6,7)8/h14-16,18,23,27H,9-13,17H2,1-8H3. The number of ether oxygens (including phenoxy) is 1. The molecule has 1 N–H and O–H groups in total. The van der Waals surface area contributed by atoms with Gasteiger partial charge in [0.2, 0.25) is 0 Å². The molecule has 166 valence electrons. The normalized spacial score (nSPS) is 13.6. The third-order valence-corrected chi connectivity index (χ3v) is 6.01. The quantitative estimate of drug-likeness (QED) is 0.257. The molecule has 0 amide bonds. The summed E-state index contributed by atoms with van der Waals surface area (Å²) in [5.74, 6) is 0.643. The van der Waals surface area contributed by atoms with Crippen molar-refractivity contribution in [3.05, 3.63) is 34.9 Å². The van der Waals surface area contributed by atoms with Crippen molar-refractivity contribution in [2.45, 2.75) is 97.3 Å². The Bertz CT molecular complexity index is 606. The lowest BCUT2D eigenvalue weighted by atomic mass is 9.79. The van der Waals surface area contributed by atoms with Crippen molar-refractivity contribution in [2.24, 2.45) is 5.92 Å². The molecular weight excluding hydrogens is 380 g/mol. The molecule has 29 heavy (non-hydrogen) atoms. The molecule has 1 unspecified atom stereocenters. The molecule has 1 atom stereocenters. The van der Waals surface area contributed by atoms with E-state index in [9.17, 15) is 9.90 Å². The van der Waals surface area contributed by atoms with E-state index in [-0.39, 0.29) is 22.6 Å². The van der Waals surface area contributed by atoms with Gasteiger partial charge in [0.15, 0.2) is 0 Å². The molecule has 0 bridgehead atoms. The molecule has 0 aliphatic rings. The van der Waals surface area contributed by atoms with Crippen LogP contribution in [0, 0.1) is 5.92 Å². The van der Waals surface area contributed by atoms with Gasteiger partial charge in [-0.25, -0.2) is 0 Å². The van der Waals surface area contributed by atoms with Crippen LogP contribution in [0.3, 0.4) is 0 Å². The molecule has 0 spiro atoms. The number of benzene rings is 1. The van der Waals surface area contributed by atoms with E-state index in [2.05, 4.69) is 73.6 Å². The zero-order valence-electron chi connectivity index (χ0n) is 19.8. The number of thioether (sulfide) groups is 1. The lowest BCUT2D eigenvalue weighted by Gasteiger charge is -2.27. The maximum Gasteiger partial charge on any atom is 0.316 e. The van der Waals surface area contributed by atoms with Gasteiger partial charge >= 0.3 is 5.97 Å². The van der Waals surface area contributed by atoms with E-state index >= 15 is 0 Å². The fraction of sp³-hybridized carbons (Fsp3) is 0.720. The predicted octanol–water partition coefficient (Wildman–Crippen LogP) is 6.77. The Morgan fingerprint density at radius 3 is 2.00 bits per heavy atom. The number of esters is 1. The van der Waals surface area contributed by atoms with Crippen LogP contribution in [0.15, 0.2) is 18.2 Å². The highest BCUT2D eigenvalue weighted by Gasteiger charge is 2.23. The summed E-state index contributed by atoms with van der Waals surface area (Å²) in [5.41, 5.74) is 2.50.